The second-order valence-electron chi connectivity index (χ2n) is 3.00. The fourth-order valence-electron chi connectivity index (χ4n) is 1.20. The van der Waals surface area contributed by atoms with Gasteiger partial charge in [0.25, 0.3) is 0 Å². The summed E-state index contributed by atoms with van der Waals surface area (Å²) in [6.45, 7) is 0. The molecule has 2 nitrogen and oxygen atoms in total. The van der Waals surface area contributed by atoms with E-state index in [1.165, 1.54) is 0 Å². The lowest BCUT2D eigenvalue weighted by atomic mass is 10.2. The van der Waals surface area contributed by atoms with E-state index in [0.717, 1.165) is 11.3 Å². The summed E-state index contributed by atoms with van der Waals surface area (Å²) in [5, 5.41) is 0. The third-order valence-electron chi connectivity index (χ3n) is 1.92. The van der Waals surface area contributed by atoms with Crippen LogP contribution in [0.25, 0.3) is 0 Å². The van der Waals surface area contributed by atoms with Crippen molar-refractivity contribution in [1.82, 2.24) is 6.15 Å². The van der Waals surface area contributed by atoms with Gasteiger partial charge in [-0.1, -0.05) is 48.5 Å². The van der Waals surface area contributed by atoms with Crippen LogP contribution in [0.4, 0.5) is 5.69 Å². The molecule has 0 radical (unpaired) electrons. The largest absolute Gasteiger partial charge is 0.344 e. The first-order valence-electron chi connectivity index (χ1n) is 4.59. The van der Waals surface area contributed by atoms with Gasteiger partial charge in [-0.2, -0.15) is 0 Å². The average molecular weight is 198 g/mol. The minimum atomic E-state index is 0. The predicted octanol–water partition coefficient (Wildman–Crippen LogP) is 3.60. The topological polar surface area (TPSA) is 47.4 Å². The van der Waals surface area contributed by atoms with Gasteiger partial charge < -0.3 is 6.15 Å². The van der Waals surface area contributed by atoms with E-state index in [2.05, 4.69) is 4.99 Å². The van der Waals surface area contributed by atoms with E-state index in [1.54, 1.807) is 0 Å². The molecular formula is C13H14N2. The standard InChI is InChI=1S/C13H11N.H3N/c1-3-7-12(8-4-1)11-14-13-9-5-2-6-10-13;/h1-11H;1H3/b14-11+;. The summed E-state index contributed by atoms with van der Waals surface area (Å²) in [7, 11) is 0. The molecule has 2 aromatic rings. The van der Waals surface area contributed by atoms with Crippen LogP contribution in [0.15, 0.2) is 65.7 Å². The van der Waals surface area contributed by atoms with Gasteiger partial charge >= 0.3 is 0 Å². The van der Waals surface area contributed by atoms with Crippen molar-refractivity contribution in [3.63, 3.8) is 0 Å². The zero-order valence-electron chi connectivity index (χ0n) is 8.51. The van der Waals surface area contributed by atoms with Crippen molar-refractivity contribution < 1.29 is 0 Å². The molecule has 0 atom stereocenters. The Morgan fingerprint density at radius 1 is 0.733 bits per heavy atom. The van der Waals surface area contributed by atoms with Crippen LogP contribution in [-0.2, 0) is 0 Å². The summed E-state index contributed by atoms with van der Waals surface area (Å²) in [4.78, 5) is 4.35. The number of rotatable bonds is 2. The second kappa shape index (κ2) is 5.73. The van der Waals surface area contributed by atoms with Crippen molar-refractivity contribution in [3.05, 3.63) is 66.2 Å². The molecule has 15 heavy (non-hydrogen) atoms. The van der Waals surface area contributed by atoms with E-state index in [4.69, 9.17) is 0 Å². The van der Waals surface area contributed by atoms with Crippen molar-refractivity contribution in [1.29, 1.82) is 0 Å². The number of para-hydroxylation sites is 1. The molecular weight excluding hydrogens is 184 g/mol. The zero-order chi connectivity index (χ0) is 9.64. The Morgan fingerprint density at radius 2 is 1.27 bits per heavy atom. The molecule has 76 valence electrons. The third-order valence-corrected chi connectivity index (χ3v) is 1.92. The summed E-state index contributed by atoms with van der Waals surface area (Å²) in [5.41, 5.74) is 2.10. The molecule has 0 aromatic heterocycles. The van der Waals surface area contributed by atoms with E-state index < -0.39 is 0 Å². The molecule has 3 N–H and O–H groups in total. The van der Waals surface area contributed by atoms with Gasteiger partial charge in [-0.05, 0) is 17.7 Å². The van der Waals surface area contributed by atoms with Gasteiger partial charge in [0.15, 0.2) is 0 Å². The maximum atomic E-state index is 4.35. The Kier molecular flexibility index (Phi) is 4.26. The highest BCUT2D eigenvalue weighted by Crippen LogP contribution is 2.09. The van der Waals surface area contributed by atoms with Gasteiger partial charge in [0.05, 0.1) is 5.69 Å². The number of benzene rings is 2. The molecule has 0 saturated heterocycles. The monoisotopic (exact) mass is 198 g/mol. The van der Waals surface area contributed by atoms with Crippen molar-refractivity contribution in [2.75, 3.05) is 0 Å². The van der Waals surface area contributed by atoms with Crippen LogP contribution in [0.5, 0.6) is 0 Å². The minimum Gasteiger partial charge on any atom is -0.344 e. The highest BCUT2D eigenvalue weighted by Gasteiger charge is 1.85. The summed E-state index contributed by atoms with van der Waals surface area (Å²) >= 11 is 0. The smallest absolute Gasteiger partial charge is 0.0629 e. The van der Waals surface area contributed by atoms with E-state index in [-0.39, 0.29) is 6.15 Å². The van der Waals surface area contributed by atoms with Crippen LogP contribution in [0.2, 0.25) is 0 Å². The molecule has 0 saturated carbocycles. The van der Waals surface area contributed by atoms with E-state index in [0.29, 0.717) is 0 Å². The van der Waals surface area contributed by atoms with Crippen LogP contribution < -0.4 is 6.15 Å². The predicted molar refractivity (Wildman–Crippen MR) is 65.2 cm³/mol. The average Bonchev–Trinajstić information content (AvgIpc) is 2.29. The van der Waals surface area contributed by atoms with E-state index in [1.807, 2.05) is 66.9 Å². The highest BCUT2D eigenvalue weighted by atomic mass is 14.7. The third kappa shape index (κ3) is 3.37. The van der Waals surface area contributed by atoms with Gasteiger partial charge in [0, 0.05) is 6.21 Å². The fourth-order valence-corrected chi connectivity index (χ4v) is 1.20. The van der Waals surface area contributed by atoms with Crippen LogP contribution in [0.1, 0.15) is 5.56 Å². The number of nitrogens with zero attached hydrogens (tertiary/aromatic N) is 1. The van der Waals surface area contributed by atoms with Gasteiger partial charge in [-0.3, -0.25) is 4.99 Å². The normalized spacial score (nSPS) is 9.87. The summed E-state index contributed by atoms with van der Waals surface area (Å²) in [6.07, 6.45) is 1.87. The molecule has 0 fully saturated rings. The summed E-state index contributed by atoms with van der Waals surface area (Å²) in [5.74, 6) is 0. The quantitative estimate of drug-likeness (QED) is 0.736. The molecule has 0 spiro atoms. The first kappa shape index (κ1) is 11.1. The Bertz CT molecular complexity index is 366. The lowest BCUT2D eigenvalue weighted by Gasteiger charge is -1.92. The second-order valence-corrected chi connectivity index (χ2v) is 3.00. The number of aliphatic imine (C=N–C) groups is 1. The number of hydrogen-bond donors (Lipinski definition) is 1. The van der Waals surface area contributed by atoms with Gasteiger partial charge in [-0.25, -0.2) is 0 Å². The first-order valence-corrected chi connectivity index (χ1v) is 4.59. The summed E-state index contributed by atoms with van der Waals surface area (Å²) in [6, 6.07) is 20.0. The van der Waals surface area contributed by atoms with Crippen molar-refractivity contribution in [2.24, 2.45) is 4.99 Å². The molecule has 0 heterocycles. The Balaban J connectivity index is 0.00000112. The lowest BCUT2D eigenvalue weighted by Crippen LogP contribution is -1.77. The maximum absolute atomic E-state index is 4.35. The molecule has 0 unspecified atom stereocenters. The van der Waals surface area contributed by atoms with Crippen LogP contribution >= 0.6 is 0 Å². The lowest BCUT2D eigenvalue weighted by molar-refractivity contribution is 1.53. The van der Waals surface area contributed by atoms with Gasteiger partial charge in [0.1, 0.15) is 0 Å². The molecule has 0 aliphatic carbocycles. The SMILES string of the molecule is C(=N\c1ccccc1)/c1ccccc1.N. The molecule has 2 aromatic carbocycles. The van der Waals surface area contributed by atoms with Crippen LogP contribution in [-0.4, -0.2) is 6.21 Å². The maximum Gasteiger partial charge on any atom is 0.0629 e. The zero-order valence-corrected chi connectivity index (χ0v) is 8.51. The molecule has 2 heteroatoms. The fraction of sp³-hybridized carbons (Fsp3) is 0. The van der Waals surface area contributed by atoms with Crippen LogP contribution in [0, 0.1) is 0 Å². The first-order chi connectivity index (χ1) is 6.95. The minimum absolute atomic E-state index is 0. The molecule has 0 aliphatic rings. The van der Waals surface area contributed by atoms with E-state index >= 15 is 0 Å². The van der Waals surface area contributed by atoms with Gasteiger partial charge in [0.2, 0.25) is 0 Å². The molecule has 0 bridgehead atoms. The van der Waals surface area contributed by atoms with Crippen molar-refractivity contribution in [3.8, 4) is 0 Å². The summed E-state index contributed by atoms with van der Waals surface area (Å²) < 4.78 is 0. The Hall–Kier alpha value is -1.93. The molecule has 2 rings (SSSR count). The Morgan fingerprint density at radius 3 is 1.87 bits per heavy atom. The van der Waals surface area contributed by atoms with Crippen molar-refractivity contribution >= 4 is 11.9 Å². The highest BCUT2D eigenvalue weighted by molar-refractivity contribution is 5.81. The Labute approximate surface area is 89.9 Å². The molecule has 0 amide bonds. The number of hydrogen-bond acceptors (Lipinski definition) is 2. The van der Waals surface area contributed by atoms with Crippen LogP contribution in [0.3, 0.4) is 0 Å². The molecule has 0 aliphatic heterocycles. The van der Waals surface area contributed by atoms with Crippen molar-refractivity contribution in [2.45, 2.75) is 0 Å². The van der Waals surface area contributed by atoms with E-state index in [9.17, 15) is 0 Å². The van der Waals surface area contributed by atoms with Gasteiger partial charge in [-0.15, -0.1) is 0 Å².